The van der Waals surface area contributed by atoms with Gasteiger partial charge in [-0.1, -0.05) is 19.0 Å². The van der Waals surface area contributed by atoms with Crippen LogP contribution in [0.25, 0.3) is 0 Å². The highest BCUT2D eigenvalue weighted by Crippen LogP contribution is 2.29. The number of anilines is 1. The third-order valence-corrected chi connectivity index (χ3v) is 4.09. The van der Waals surface area contributed by atoms with E-state index in [-0.39, 0.29) is 13.0 Å². The van der Waals surface area contributed by atoms with Crippen LogP contribution >= 0.6 is 0 Å². The Morgan fingerprint density at radius 3 is 2.81 bits per heavy atom. The van der Waals surface area contributed by atoms with Crippen LogP contribution in [-0.2, 0) is 4.79 Å². The van der Waals surface area contributed by atoms with Crippen molar-refractivity contribution in [2.75, 3.05) is 18.4 Å². The van der Waals surface area contributed by atoms with E-state index < -0.39 is 0 Å². The molecule has 1 aliphatic heterocycles. The van der Waals surface area contributed by atoms with E-state index in [1.165, 1.54) is 5.56 Å². The quantitative estimate of drug-likeness (QED) is 0.814. The first-order valence-corrected chi connectivity index (χ1v) is 7.70. The van der Waals surface area contributed by atoms with Crippen molar-refractivity contribution < 1.29 is 9.82 Å². The first-order chi connectivity index (χ1) is 10.1. The highest BCUT2D eigenvalue weighted by atomic mass is 16.2. The average Bonchev–Trinajstić information content (AvgIpc) is 2.48. The molecule has 4 nitrogen and oxygen atoms in total. The van der Waals surface area contributed by atoms with Crippen molar-refractivity contribution in [3.8, 4) is 0 Å². The summed E-state index contributed by atoms with van der Waals surface area (Å²) in [6, 6.07) is 8.14. The number of benzene rings is 1. The van der Waals surface area contributed by atoms with Gasteiger partial charge in [-0.3, -0.25) is 4.79 Å². The van der Waals surface area contributed by atoms with Gasteiger partial charge in [0.15, 0.2) is 0 Å². The van der Waals surface area contributed by atoms with E-state index in [9.17, 15) is 9.82 Å². The average molecular weight is 285 g/mol. The molecule has 0 saturated carbocycles. The predicted octanol–water partition coefficient (Wildman–Crippen LogP) is 2.09. The van der Waals surface area contributed by atoms with Crippen LogP contribution in [0.15, 0.2) is 24.3 Å². The number of hydrogen-bond acceptors (Lipinski definition) is 3. The smallest absolute Gasteiger partial charge is 0.376 e. The Hall–Kier alpha value is -1.26. The number of amides is 1. The Labute approximate surface area is 128 Å². The lowest BCUT2D eigenvalue weighted by atomic mass is 9.78. The first kappa shape index (κ1) is 16.1. The highest BCUT2D eigenvalue weighted by molar-refractivity contribution is 6.45. The summed E-state index contributed by atoms with van der Waals surface area (Å²) in [6.07, 6.45) is 2.53. The molecule has 1 aromatic rings. The molecule has 1 heterocycles. The molecule has 1 amide bonds. The summed E-state index contributed by atoms with van der Waals surface area (Å²) in [6.45, 7) is 5.54. The van der Waals surface area contributed by atoms with Crippen LogP contribution in [0.5, 0.6) is 0 Å². The number of nitrogens with one attached hydrogen (secondary N) is 1. The third-order valence-electron chi connectivity index (χ3n) is 4.09. The molecule has 1 fully saturated rings. The van der Waals surface area contributed by atoms with Crippen LogP contribution in [-0.4, -0.2) is 43.2 Å². The molecule has 0 aromatic heterocycles. The number of hydrogen-bond donors (Lipinski definition) is 2. The van der Waals surface area contributed by atoms with Gasteiger partial charge in [0, 0.05) is 5.69 Å². The van der Waals surface area contributed by atoms with Crippen molar-refractivity contribution in [3.05, 3.63) is 29.8 Å². The van der Waals surface area contributed by atoms with Crippen LogP contribution in [0.1, 0.15) is 24.3 Å². The standard InChI is InChI=1S/C15H23B2N2O2/c1-16-11-15(20)18-14-5-3-4-13(10-14)12-6-8-19(9-7-12)17(2)21/h3-5,10,12,21H,6-9,11H2,1-2H3,(H,18,20). The summed E-state index contributed by atoms with van der Waals surface area (Å²) in [5, 5.41) is 12.5. The number of nitrogens with zero attached hydrogens (tertiary/aromatic N) is 1. The minimum absolute atomic E-state index is 0.0265. The fourth-order valence-electron chi connectivity index (χ4n) is 2.87. The maximum Gasteiger partial charge on any atom is 0.376 e. The first-order valence-electron chi connectivity index (χ1n) is 7.70. The zero-order valence-corrected chi connectivity index (χ0v) is 12.9. The molecule has 6 heteroatoms. The number of rotatable bonds is 5. The van der Waals surface area contributed by atoms with Crippen molar-refractivity contribution in [3.63, 3.8) is 0 Å². The van der Waals surface area contributed by atoms with E-state index >= 15 is 0 Å². The molecule has 1 saturated heterocycles. The Morgan fingerprint density at radius 2 is 2.19 bits per heavy atom. The Bertz CT molecular complexity index is 474. The van der Waals surface area contributed by atoms with Crippen LogP contribution in [0.2, 0.25) is 20.0 Å². The van der Waals surface area contributed by atoms with E-state index in [0.717, 1.165) is 31.6 Å². The van der Waals surface area contributed by atoms with Crippen molar-refractivity contribution in [2.45, 2.75) is 38.7 Å². The molecule has 111 valence electrons. The lowest BCUT2D eigenvalue weighted by Gasteiger charge is -2.32. The maximum absolute atomic E-state index is 11.6. The summed E-state index contributed by atoms with van der Waals surface area (Å²) < 4.78 is 0. The lowest BCUT2D eigenvalue weighted by molar-refractivity contribution is -0.114. The van der Waals surface area contributed by atoms with Gasteiger partial charge in [0.25, 0.3) is 0 Å². The Balaban J connectivity index is 1.96. The SMILES string of the molecule is C[B]CC(=O)Nc1cccc(C2CCN(B(C)O)CC2)c1. The molecule has 1 aromatic carbocycles. The number of piperidine rings is 1. The summed E-state index contributed by atoms with van der Waals surface area (Å²) >= 11 is 0. The van der Waals surface area contributed by atoms with Crippen LogP contribution in [0.3, 0.4) is 0 Å². The topological polar surface area (TPSA) is 52.6 Å². The van der Waals surface area contributed by atoms with Crippen molar-refractivity contribution >= 4 is 25.9 Å². The third kappa shape index (κ3) is 4.61. The van der Waals surface area contributed by atoms with Crippen molar-refractivity contribution in [1.82, 2.24) is 4.81 Å². The zero-order chi connectivity index (χ0) is 15.2. The molecule has 1 radical (unpaired) electrons. The second-order valence-corrected chi connectivity index (χ2v) is 5.73. The van der Waals surface area contributed by atoms with Crippen molar-refractivity contribution in [1.29, 1.82) is 0 Å². The molecule has 0 bridgehead atoms. The van der Waals surface area contributed by atoms with Gasteiger partial charge in [-0.15, -0.1) is 0 Å². The predicted molar refractivity (Wildman–Crippen MR) is 88.9 cm³/mol. The molecule has 2 N–H and O–H groups in total. The van der Waals surface area contributed by atoms with Crippen molar-refractivity contribution in [2.24, 2.45) is 0 Å². The molecular formula is C15H23B2N2O2. The van der Waals surface area contributed by atoms with Crippen LogP contribution in [0, 0.1) is 0 Å². The monoisotopic (exact) mass is 285 g/mol. The van der Waals surface area contributed by atoms with Crippen LogP contribution in [0.4, 0.5) is 5.69 Å². The van der Waals surface area contributed by atoms with Gasteiger partial charge in [-0.05, 0) is 62.7 Å². The van der Waals surface area contributed by atoms with E-state index in [0.29, 0.717) is 12.2 Å². The minimum Gasteiger partial charge on any atom is -0.437 e. The lowest BCUT2D eigenvalue weighted by Crippen LogP contribution is -2.42. The molecule has 0 atom stereocenters. The normalized spacial score (nSPS) is 16.5. The number of carbonyl (C=O) groups excluding carboxylic acids is 1. The Kier molecular flexibility index (Phi) is 5.88. The van der Waals surface area contributed by atoms with E-state index in [1.54, 1.807) is 0 Å². The highest BCUT2D eigenvalue weighted by Gasteiger charge is 2.24. The molecule has 2 rings (SSSR count). The number of carbonyl (C=O) groups is 1. The second-order valence-electron chi connectivity index (χ2n) is 5.73. The van der Waals surface area contributed by atoms with Gasteiger partial charge in [-0.2, -0.15) is 0 Å². The molecule has 0 spiro atoms. The molecule has 0 aliphatic carbocycles. The zero-order valence-electron chi connectivity index (χ0n) is 12.9. The van der Waals surface area contributed by atoms with E-state index in [4.69, 9.17) is 0 Å². The van der Waals surface area contributed by atoms with Gasteiger partial charge < -0.3 is 15.2 Å². The van der Waals surface area contributed by atoms with Crippen LogP contribution < -0.4 is 5.32 Å². The van der Waals surface area contributed by atoms with Gasteiger partial charge in [0.05, 0.1) is 0 Å². The van der Waals surface area contributed by atoms with E-state index in [2.05, 4.69) is 22.3 Å². The fourth-order valence-corrected chi connectivity index (χ4v) is 2.87. The summed E-state index contributed by atoms with van der Waals surface area (Å²) in [4.78, 5) is 13.7. The summed E-state index contributed by atoms with van der Waals surface area (Å²) in [7, 11) is 1.49. The van der Waals surface area contributed by atoms with Gasteiger partial charge in [0.2, 0.25) is 5.91 Å². The van der Waals surface area contributed by atoms with E-state index in [1.807, 2.05) is 33.1 Å². The molecular weight excluding hydrogens is 262 g/mol. The largest absolute Gasteiger partial charge is 0.437 e. The summed E-state index contributed by atoms with van der Waals surface area (Å²) in [5.74, 6) is 0.535. The molecule has 21 heavy (non-hydrogen) atoms. The van der Waals surface area contributed by atoms with Gasteiger partial charge in [-0.25, -0.2) is 0 Å². The summed E-state index contributed by atoms with van der Waals surface area (Å²) in [5.41, 5.74) is 2.15. The minimum atomic E-state index is -0.359. The molecule has 1 aliphatic rings. The van der Waals surface area contributed by atoms with Gasteiger partial charge in [0.1, 0.15) is 7.28 Å². The maximum atomic E-state index is 11.6. The Morgan fingerprint density at radius 1 is 1.48 bits per heavy atom. The second kappa shape index (κ2) is 7.66. The fraction of sp³-hybridized carbons (Fsp3) is 0.533. The van der Waals surface area contributed by atoms with Gasteiger partial charge >= 0.3 is 7.05 Å². The molecule has 0 unspecified atom stereocenters.